The van der Waals surface area contributed by atoms with Crippen LogP contribution in [0.5, 0.6) is 16.7 Å². The van der Waals surface area contributed by atoms with Gasteiger partial charge in [-0.25, -0.2) is 9.78 Å². The molecule has 1 N–H and O–H groups in total. The van der Waals surface area contributed by atoms with Crippen LogP contribution in [0.2, 0.25) is 0 Å². The summed E-state index contributed by atoms with van der Waals surface area (Å²) in [6.07, 6.45) is 0. The summed E-state index contributed by atoms with van der Waals surface area (Å²) in [6.45, 7) is 3.84. The zero-order valence-corrected chi connectivity index (χ0v) is 11.6. The first-order valence-electron chi connectivity index (χ1n) is 5.54. The van der Waals surface area contributed by atoms with Crippen LogP contribution in [0.25, 0.3) is 0 Å². The highest BCUT2D eigenvalue weighted by molar-refractivity contribution is 7.13. The van der Waals surface area contributed by atoms with Crippen molar-refractivity contribution >= 4 is 17.3 Å². The maximum absolute atomic E-state index is 11.0. The molecule has 6 heteroatoms. The van der Waals surface area contributed by atoms with Gasteiger partial charge in [0.05, 0.1) is 18.4 Å². The summed E-state index contributed by atoms with van der Waals surface area (Å²) < 4.78 is 10.8. The Morgan fingerprint density at radius 2 is 2.05 bits per heavy atom. The molecule has 100 valence electrons. The average Bonchev–Trinajstić information content (AvgIpc) is 2.68. The SMILES string of the molecule is COc1ccc(C(=O)O)cc1Oc1nc(C)c(C)s1. The van der Waals surface area contributed by atoms with E-state index in [0.29, 0.717) is 16.7 Å². The topological polar surface area (TPSA) is 68.7 Å². The van der Waals surface area contributed by atoms with Gasteiger partial charge in [-0.1, -0.05) is 11.3 Å². The number of hydrogen-bond acceptors (Lipinski definition) is 5. The third-order valence-electron chi connectivity index (χ3n) is 2.62. The fourth-order valence-corrected chi connectivity index (χ4v) is 2.24. The molecule has 1 aromatic heterocycles. The number of carbonyl (C=O) groups is 1. The van der Waals surface area contributed by atoms with Gasteiger partial charge in [-0.3, -0.25) is 0 Å². The molecule has 19 heavy (non-hydrogen) atoms. The number of nitrogens with zero attached hydrogens (tertiary/aromatic N) is 1. The molecule has 5 nitrogen and oxygen atoms in total. The molecule has 0 bridgehead atoms. The van der Waals surface area contributed by atoms with Crippen molar-refractivity contribution in [2.24, 2.45) is 0 Å². The molecular formula is C13H13NO4S. The quantitative estimate of drug-likeness (QED) is 0.930. The fraction of sp³-hybridized carbons (Fsp3) is 0.231. The number of hydrogen-bond donors (Lipinski definition) is 1. The van der Waals surface area contributed by atoms with E-state index in [9.17, 15) is 4.79 Å². The van der Waals surface area contributed by atoms with E-state index in [4.69, 9.17) is 14.6 Å². The maximum Gasteiger partial charge on any atom is 0.335 e. The molecule has 0 spiro atoms. The number of rotatable bonds is 4. The lowest BCUT2D eigenvalue weighted by Crippen LogP contribution is -1.98. The molecule has 0 aliphatic heterocycles. The second-order valence-corrected chi connectivity index (χ2v) is 5.06. The van der Waals surface area contributed by atoms with Crippen molar-refractivity contribution in [2.45, 2.75) is 13.8 Å². The van der Waals surface area contributed by atoms with Crippen LogP contribution in [0.4, 0.5) is 0 Å². The minimum Gasteiger partial charge on any atom is -0.493 e. The molecular weight excluding hydrogens is 266 g/mol. The van der Waals surface area contributed by atoms with Gasteiger partial charge < -0.3 is 14.6 Å². The van der Waals surface area contributed by atoms with Crippen LogP contribution in [0.15, 0.2) is 18.2 Å². The minimum atomic E-state index is -1.01. The smallest absolute Gasteiger partial charge is 0.335 e. The Kier molecular flexibility index (Phi) is 3.71. The summed E-state index contributed by atoms with van der Waals surface area (Å²) >= 11 is 1.41. The van der Waals surface area contributed by atoms with E-state index >= 15 is 0 Å². The Morgan fingerprint density at radius 1 is 1.32 bits per heavy atom. The number of aromatic carboxylic acids is 1. The predicted octanol–water partition coefficient (Wildman–Crippen LogP) is 3.26. The highest BCUT2D eigenvalue weighted by atomic mass is 32.1. The minimum absolute atomic E-state index is 0.140. The lowest BCUT2D eigenvalue weighted by atomic mass is 10.2. The molecule has 0 saturated carbocycles. The molecule has 0 aliphatic carbocycles. The lowest BCUT2D eigenvalue weighted by molar-refractivity contribution is 0.0696. The summed E-state index contributed by atoms with van der Waals surface area (Å²) in [5.41, 5.74) is 1.04. The van der Waals surface area contributed by atoms with Crippen LogP contribution in [0.3, 0.4) is 0 Å². The number of ether oxygens (including phenoxy) is 2. The van der Waals surface area contributed by atoms with Crippen molar-refractivity contribution in [2.75, 3.05) is 7.11 Å². The summed E-state index contributed by atoms with van der Waals surface area (Å²) in [6, 6.07) is 4.45. The number of methoxy groups -OCH3 is 1. The molecule has 0 amide bonds. The van der Waals surface area contributed by atoms with Crippen LogP contribution < -0.4 is 9.47 Å². The Labute approximate surface area is 114 Å². The first-order chi connectivity index (χ1) is 9.01. The molecule has 0 fully saturated rings. The van der Waals surface area contributed by atoms with Crippen molar-refractivity contribution < 1.29 is 19.4 Å². The molecule has 2 rings (SSSR count). The first kappa shape index (κ1) is 13.4. The molecule has 0 saturated heterocycles. The first-order valence-corrected chi connectivity index (χ1v) is 6.36. The van der Waals surface area contributed by atoms with E-state index in [0.717, 1.165) is 10.6 Å². The van der Waals surface area contributed by atoms with E-state index in [1.165, 1.54) is 30.6 Å². The standard InChI is InChI=1S/C13H13NO4S/c1-7-8(2)19-13(14-7)18-11-6-9(12(15)16)4-5-10(11)17-3/h4-6H,1-3H3,(H,15,16). The molecule has 0 aliphatic rings. The summed E-state index contributed by atoms with van der Waals surface area (Å²) in [5.74, 6) is -0.203. The largest absolute Gasteiger partial charge is 0.493 e. The van der Waals surface area contributed by atoms with Gasteiger partial charge in [0.25, 0.3) is 5.19 Å². The molecule has 1 heterocycles. The second kappa shape index (κ2) is 5.27. The highest BCUT2D eigenvalue weighted by Crippen LogP contribution is 2.35. The van der Waals surface area contributed by atoms with Gasteiger partial charge >= 0.3 is 5.97 Å². The number of aromatic nitrogens is 1. The third kappa shape index (κ3) is 2.85. The van der Waals surface area contributed by atoms with Crippen LogP contribution in [-0.4, -0.2) is 23.2 Å². The van der Waals surface area contributed by atoms with Crippen LogP contribution >= 0.6 is 11.3 Å². The molecule has 0 radical (unpaired) electrons. The number of carboxylic acid groups (broad SMARTS) is 1. The monoisotopic (exact) mass is 279 g/mol. The normalized spacial score (nSPS) is 10.3. The van der Waals surface area contributed by atoms with Crippen molar-refractivity contribution in [3.63, 3.8) is 0 Å². The van der Waals surface area contributed by atoms with Crippen molar-refractivity contribution in [3.8, 4) is 16.7 Å². The van der Waals surface area contributed by atoms with E-state index in [1.54, 1.807) is 6.07 Å². The van der Waals surface area contributed by atoms with E-state index in [1.807, 2.05) is 13.8 Å². The summed E-state index contributed by atoms with van der Waals surface area (Å²) in [7, 11) is 1.50. The highest BCUT2D eigenvalue weighted by Gasteiger charge is 2.13. The van der Waals surface area contributed by atoms with E-state index in [2.05, 4.69) is 4.98 Å². The number of thiazole rings is 1. The molecule has 2 aromatic rings. The fourth-order valence-electron chi connectivity index (χ4n) is 1.47. The van der Waals surface area contributed by atoms with Crippen LogP contribution in [0, 0.1) is 13.8 Å². The summed E-state index contributed by atoms with van der Waals surface area (Å²) in [4.78, 5) is 16.3. The molecule has 0 atom stereocenters. The van der Waals surface area contributed by atoms with Crippen LogP contribution in [-0.2, 0) is 0 Å². The lowest BCUT2D eigenvalue weighted by Gasteiger charge is -2.08. The van der Waals surface area contributed by atoms with Crippen LogP contribution in [0.1, 0.15) is 20.9 Å². The van der Waals surface area contributed by atoms with Crippen molar-refractivity contribution in [3.05, 3.63) is 34.3 Å². The van der Waals surface area contributed by atoms with Gasteiger partial charge in [-0.2, -0.15) is 0 Å². The summed E-state index contributed by atoms with van der Waals surface area (Å²) in [5, 5.41) is 9.45. The van der Waals surface area contributed by atoms with Crippen molar-refractivity contribution in [1.82, 2.24) is 4.98 Å². The zero-order valence-electron chi connectivity index (χ0n) is 10.8. The Morgan fingerprint density at radius 3 is 2.58 bits per heavy atom. The number of aryl methyl sites for hydroxylation is 2. The van der Waals surface area contributed by atoms with E-state index < -0.39 is 5.97 Å². The Bertz CT molecular complexity index is 602. The predicted molar refractivity (Wildman–Crippen MR) is 71.6 cm³/mol. The Hall–Kier alpha value is -2.08. The molecule has 0 unspecified atom stereocenters. The zero-order chi connectivity index (χ0) is 14.0. The van der Waals surface area contributed by atoms with Gasteiger partial charge in [0, 0.05) is 4.88 Å². The number of benzene rings is 1. The van der Waals surface area contributed by atoms with E-state index in [-0.39, 0.29) is 5.56 Å². The van der Waals surface area contributed by atoms with Gasteiger partial charge in [0.1, 0.15) is 0 Å². The van der Waals surface area contributed by atoms with Gasteiger partial charge in [0.2, 0.25) is 0 Å². The Balaban J connectivity index is 2.36. The van der Waals surface area contributed by atoms with Crippen molar-refractivity contribution in [1.29, 1.82) is 0 Å². The van der Waals surface area contributed by atoms with Gasteiger partial charge in [-0.15, -0.1) is 0 Å². The number of carboxylic acids is 1. The average molecular weight is 279 g/mol. The third-order valence-corrected chi connectivity index (χ3v) is 3.57. The van der Waals surface area contributed by atoms with Gasteiger partial charge in [0.15, 0.2) is 11.5 Å². The van der Waals surface area contributed by atoms with Gasteiger partial charge in [-0.05, 0) is 32.0 Å². The second-order valence-electron chi connectivity index (χ2n) is 3.89. The maximum atomic E-state index is 11.0. The molecule has 1 aromatic carbocycles.